The lowest BCUT2D eigenvalue weighted by atomic mass is 9.81. The molecule has 0 aromatic rings. The van der Waals surface area contributed by atoms with E-state index < -0.39 is 0 Å². The number of nitrogens with one attached hydrogen (secondary N) is 1. The summed E-state index contributed by atoms with van der Waals surface area (Å²) in [6.45, 7) is 6.55. The summed E-state index contributed by atoms with van der Waals surface area (Å²) in [5.41, 5.74) is 0. The Kier molecular flexibility index (Phi) is 6.26. The molecule has 1 aliphatic rings. The summed E-state index contributed by atoms with van der Waals surface area (Å²) >= 11 is 0. The van der Waals surface area contributed by atoms with Gasteiger partial charge in [0.15, 0.2) is 0 Å². The monoisotopic (exact) mass is 213 g/mol. The van der Waals surface area contributed by atoms with Gasteiger partial charge in [0.1, 0.15) is 0 Å². The van der Waals surface area contributed by atoms with E-state index in [2.05, 4.69) is 19.2 Å². The minimum atomic E-state index is 0.498. The van der Waals surface area contributed by atoms with Crippen molar-refractivity contribution >= 4 is 0 Å². The first kappa shape index (κ1) is 13.0. The topological polar surface area (TPSA) is 21.3 Å². The van der Waals surface area contributed by atoms with Gasteiger partial charge in [-0.1, -0.05) is 32.6 Å². The van der Waals surface area contributed by atoms with Crippen LogP contribution in [0.15, 0.2) is 0 Å². The molecule has 2 nitrogen and oxygen atoms in total. The van der Waals surface area contributed by atoms with E-state index in [9.17, 15) is 0 Å². The van der Waals surface area contributed by atoms with E-state index in [1.807, 2.05) is 0 Å². The highest BCUT2D eigenvalue weighted by molar-refractivity contribution is 4.71. The Morgan fingerprint density at radius 2 is 1.93 bits per heavy atom. The molecule has 0 aromatic heterocycles. The van der Waals surface area contributed by atoms with Crippen molar-refractivity contribution in [1.82, 2.24) is 5.32 Å². The van der Waals surface area contributed by atoms with Crippen molar-refractivity contribution in [3.05, 3.63) is 0 Å². The highest BCUT2D eigenvalue weighted by Crippen LogP contribution is 2.29. The maximum atomic E-state index is 5.10. The second-order valence-electron chi connectivity index (χ2n) is 5.23. The Bertz CT molecular complexity index is 153. The predicted octanol–water partition coefficient (Wildman–Crippen LogP) is 2.83. The summed E-state index contributed by atoms with van der Waals surface area (Å²) in [7, 11) is 1.76. The summed E-state index contributed by atoms with van der Waals surface area (Å²) < 4.78 is 5.10. The van der Waals surface area contributed by atoms with Gasteiger partial charge in [0.25, 0.3) is 0 Å². The van der Waals surface area contributed by atoms with Gasteiger partial charge >= 0.3 is 0 Å². The number of ether oxygens (including phenoxy) is 1. The van der Waals surface area contributed by atoms with E-state index in [0.29, 0.717) is 6.04 Å². The van der Waals surface area contributed by atoms with Crippen LogP contribution in [0.1, 0.15) is 46.0 Å². The maximum absolute atomic E-state index is 5.10. The minimum absolute atomic E-state index is 0.498. The molecular formula is C13H27NO. The van der Waals surface area contributed by atoms with Crippen LogP contribution in [-0.4, -0.2) is 26.3 Å². The first-order valence-electron chi connectivity index (χ1n) is 6.44. The Morgan fingerprint density at radius 1 is 1.27 bits per heavy atom. The fourth-order valence-corrected chi connectivity index (χ4v) is 2.46. The Balaban J connectivity index is 2.00. The molecule has 1 fully saturated rings. The second-order valence-corrected chi connectivity index (χ2v) is 5.23. The van der Waals surface area contributed by atoms with Crippen LogP contribution in [0.5, 0.6) is 0 Å². The van der Waals surface area contributed by atoms with Crippen molar-refractivity contribution < 1.29 is 4.74 Å². The summed E-state index contributed by atoms with van der Waals surface area (Å²) in [5, 5.41) is 3.52. The van der Waals surface area contributed by atoms with Crippen molar-refractivity contribution in [3.8, 4) is 0 Å². The Labute approximate surface area is 94.8 Å². The van der Waals surface area contributed by atoms with E-state index in [0.717, 1.165) is 25.0 Å². The van der Waals surface area contributed by atoms with Gasteiger partial charge in [0, 0.05) is 13.2 Å². The zero-order chi connectivity index (χ0) is 11.1. The minimum Gasteiger partial charge on any atom is -0.383 e. The molecule has 15 heavy (non-hydrogen) atoms. The van der Waals surface area contributed by atoms with Crippen LogP contribution in [0, 0.1) is 11.8 Å². The van der Waals surface area contributed by atoms with Gasteiger partial charge in [0.05, 0.1) is 6.61 Å². The lowest BCUT2D eigenvalue weighted by Crippen LogP contribution is -2.32. The lowest BCUT2D eigenvalue weighted by Gasteiger charge is -2.26. The fourth-order valence-electron chi connectivity index (χ4n) is 2.46. The molecule has 0 spiro atoms. The van der Waals surface area contributed by atoms with Crippen molar-refractivity contribution in [1.29, 1.82) is 0 Å². The third-order valence-corrected chi connectivity index (χ3v) is 3.60. The highest BCUT2D eigenvalue weighted by atomic mass is 16.5. The molecule has 1 atom stereocenters. The molecule has 0 radical (unpaired) electrons. The van der Waals surface area contributed by atoms with Crippen LogP contribution in [0.3, 0.4) is 0 Å². The molecular weight excluding hydrogens is 186 g/mol. The number of hydrogen-bond donors (Lipinski definition) is 1. The van der Waals surface area contributed by atoms with E-state index in [-0.39, 0.29) is 0 Å². The van der Waals surface area contributed by atoms with Gasteiger partial charge in [0.2, 0.25) is 0 Å². The van der Waals surface area contributed by atoms with Crippen molar-refractivity contribution in [3.63, 3.8) is 0 Å². The van der Waals surface area contributed by atoms with Crippen molar-refractivity contribution in [2.75, 3.05) is 20.3 Å². The molecule has 90 valence electrons. The lowest BCUT2D eigenvalue weighted by molar-refractivity contribution is 0.170. The molecule has 1 aliphatic carbocycles. The van der Waals surface area contributed by atoms with Crippen LogP contribution in [0.4, 0.5) is 0 Å². The van der Waals surface area contributed by atoms with Crippen molar-refractivity contribution in [2.45, 2.75) is 52.0 Å². The average Bonchev–Trinajstić information content (AvgIpc) is 2.21. The zero-order valence-electron chi connectivity index (χ0n) is 10.6. The van der Waals surface area contributed by atoms with E-state index in [1.165, 1.54) is 32.1 Å². The largest absolute Gasteiger partial charge is 0.383 e. The SMILES string of the molecule is COCC(C)NCCC1CCC(C)CC1. The van der Waals surface area contributed by atoms with Crippen LogP contribution < -0.4 is 5.32 Å². The third kappa shape index (κ3) is 5.53. The van der Waals surface area contributed by atoms with Crippen LogP contribution in [0.25, 0.3) is 0 Å². The molecule has 1 rings (SSSR count). The zero-order valence-corrected chi connectivity index (χ0v) is 10.6. The van der Waals surface area contributed by atoms with Gasteiger partial charge in [-0.15, -0.1) is 0 Å². The van der Waals surface area contributed by atoms with E-state index >= 15 is 0 Å². The number of methoxy groups -OCH3 is 1. The van der Waals surface area contributed by atoms with Crippen LogP contribution in [0.2, 0.25) is 0 Å². The number of rotatable bonds is 6. The molecule has 0 heterocycles. The molecule has 2 heteroatoms. The highest BCUT2D eigenvalue weighted by Gasteiger charge is 2.17. The van der Waals surface area contributed by atoms with Crippen molar-refractivity contribution in [2.24, 2.45) is 11.8 Å². The van der Waals surface area contributed by atoms with Gasteiger partial charge in [-0.05, 0) is 31.7 Å². The van der Waals surface area contributed by atoms with E-state index in [4.69, 9.17) is 4.74 Å². The summed E-state index contributed by atoms with van der Waals surface area (Å²) in [5.74, 6) is 1.95. The normalized spacial score (nSPS) is 29.0. The predicted molar refractivity (Wildman–Crippen MR) is 65.1 cm³/mol. The summed E-state index contributed by atoms with van der Waals surface area (Å²) in [4.78, 5) is 0. The second kappa shape index (κ2) is 7.24. The Morgan fingerprint density at radius 3 is 2.53 bits per heavy atom. The van der Waals surface area contributed by atoms with Crippen LogP contribution in [-0.2, 0) is 4.74 Å². The molecule has 0 amide bonds. The van der Waals surface area contributed by atoms with Gasteiger partial charge in [-0.3, -0.25) is 0 Å². The first-order chi connectivity index (χ1) is 7.22. The van der Waals surface area contributed by atoms with Gasteiger partial charge in [-0.2, -0.15) is 0 Å². The summed E-state index contributed by atoms with van der Waals surface area (Å²) in [6, 6.07) is 0.498. The number of hydrogen-bond acceptors (Lipinski definition) is 2. The molecule has 0 bridgehead atoms. The third-order valence-electron chi connectivity index (χ3n) is 3.60. The average molecular weight is 213 g/mol. The first-order valence-corrected chi connectivity index (χ1v) is 6.44. The molecule has 1 saturated carbocycles. The maximum Gasteiger partial charge on any atom is 0.0613 e. The van der Waals surface area contributed by atoms with Gasteiger partial charge < -0.3 is 10.1 Å². The molecule has 1 N–H and O–H groups in total. The smallest absolute Gasteiger partial charge is 0.0613 e. The van der Waals surface area contributed by atoms with Crippen LogP contribution >= 0.6 is 0 Å². The standard InChI is InChI=1S/C13H27NO/c1-11-4-6-13(7-5-11)8-9-14-12(2)10-15-3/h11-14H,4-10H2,1-3H3. The van der Waals surface area contributed by atoms with E-state index in [1.54, 1.807) is 7.11 Å². The molecule has 0 saturated heterocycles. The Hall–Kier alpha value is -0.0800. The molecule has 0 aromatic carbocycles. The quantitative estimate of drug-likeness (QED) is 0.732. The van der Waals surface area contributed by atoms with Gasteiger partial charge in [-0.25, -0.2) is 0 Å². The molecule has 1 unspecified atom stereocenters. The fraction of sp³-hybridized carbons (Fsp3) is 1.00. The molecule has 0 aliphatic heterocycles. The summed E-state index contributed by atoms with van der Waals surface area (Å²) in [6.07, 6.45) is 7.13.